The summed E-state index contributed by atoms with van der Waals surface area (Å²) in [4.78, 5) is 18.9. The fourth-order valence-corrected chi connectivity index (χ4v) is 10.7. The second-order valence-corrected chi connectivity index (χ2v) is 16.5. The first-order chi connectivity index (χ1) is 24.6. The molecule has 4 heteroatoms. The summed E-state index contributed by atoms with van der Waals surface area (Å²) in [5, 5.41) is 0. The number of likely N-dealkylation sites (tertiary alicyclic amines) is 2. The van der Waals surface area contributed by atoms with E-state index in [0.29, 0.717) is 47.4 Å². The number of benzene rings is 2. The Bertz CT molecular complexity index is 1550. The molecule has 0 spiro atoms. The molecule has 0 radical (unpaired) electrons. The highest BCUT2D eigenvalue weighted by Crippen LogP contribution is 2.76. The number of allylic oxidation sites excluding steroid dienone is 6. The van der Waals surface area contributed by atoms with Gasteiger partial charge in [-0.25, -0.2) is 0 Å². The van der Waals surface area contributed by atoms with Crippen molar-refractivity contribution in [1.82, 2.24) is 9.80 Å². The lowest BCUT2D eigenvalue weighted by atomic mass is 9.75. The summed E-state index contributed by atoms with van der Waals surface area (Å²) in [6.07, 6.45) is 21.2. The lowest BCUT2D eigenvalue weighted by molar-refractivity contribution is -0.116. The Hall–Kier alpha value is -2.95. The van der Waals surface area contributed by atoms with Gasteiger partial charge in [0.2, 0.25) is 0 Å². The van der Waals surface area contributed by atoms with Gasteiger partial charge in [0.05, 0.1) is 5.76 Å². The number of nitrogens with zero attached hydrogens (tertiary/aromatic N) is 2. The number of rotatable bonds is 12. The van der Waals surface area contributed by atoms with Gasteiger partial charge in [0, 0.05) is 51.0 Å². The fraction of sp³-hybridized carbons (Fsp3) is 0.587. The number of ketones is 1. The van der Waals surface area contributed by atoms with Crippen LogP contribution in [0, 0.1) is 40.9 Å². The van der Waals surface area contributed by atoms with Gasteiger partial charge in [0.1, 0.15) is 6.10 Å². The molecule has 266 valence electrons. The quantitative estimate of drug-likeness (QED) is 0.210. The standard InChI is InChI=1S/C44H54N2O2.C2H6/c47-42(19-16-32-11-8-22-46(29-32)28-31-9-3-1-4-10-31)37-14-7-15-43(39-26-38(37)39)48-36-20-23-45(24-21-36)30-41(33-12-5-2-6-13-33)44-27-35(44)18-17-34-25-40(34)44;1-2/h1-6,9-10,12-15,17-18,32,34-36,38-41H,7-8,11,16,19-30H2;1-2H3. The highest BCUT2D eigenvalue weighted by molar-refractivity contribution is 5.96. The van der Waals surface area contributed by atoms with E-state index in [1.807, 2.05) is 13.8 Å². The largest absolute Gasteiger partial charge is 0.495 e. The lowest BCUT2D eigenvalue weighted by Gasteiger charge is -2.38. The minimum absolute atomic E-state index is 0.309. The number of Topliss-reactive ketones (excluding diaryl/α,β-unsaturated/α-hetero) is 1. The van der Waals surface area contributed by atoms with Gasteiger partial charge in [-0.2, -0.15) is 0 Å². The average molecular weight is 673 g/mol. The molecule has 5 fully saturated rings. The van der Waals surface area contributed by atoms with Crippen molar-refractivity contribution in [2.75, 3.05) is 32.7 Å². The Balaban J connectivity index is 0.00000177. The van der Waals surface area contributed by atoms with E-state index < -0.39 is 0 Å². The van der Waals surface area contributed by atoms with Gasteiger partial charge in [0.15, 0.2) is 5.78 Å². The molecule has 4 nitrogen and oxygen atoms in total. The SMILES string of the molecule is CC.O=C(CCC1CCCN(Cc2ccccc2)C1)C1=CCC=C(OC2CCN(CC(c3ccccc3)C34CC3C=CC3CC34)CC2)C2CC12. The maximum Gasteiger partial charge on any atom is 0.158 e. The average Bonchev–Trinajstić information content (AvgIpc) is 4.04. The van der Waals surface area contributed by atoms with Crippen LogP contribution >= 0.6 is 0 Å². The van der Waals surface area contributed by atoms with E-state index in [1.165, 1.54) is 50.1 Å². The molecule has 2 aromatic carbocycles. The lowest BCUT2D eigenvalue weighted by Crippen LogP contribution is -2.41. The van der Waals surface area contributed by atoms with E-state index in [1.54, 1.807) is 5.56 Å². The van der Waals surface area contributed by atoms with Crippen LogP contribution in [0.5, 0.6) is 0 Å². The molecule has 3 saturated carbocycles. The van der Waals surface area contributed by atoms with Crippen LogP contribution in [0.25, 0.3) is 0 Å². The predicted octanol–water partition coefficient (Wildman–Crippen LogP) is 9.60. The van der Waals surface area contributed by atoms with E-state index in [-0.39, 0.29) is 0 Å². The number of fused-ring (bicyclic) bond motifs is 4. The Morgan fingerprint density at radius 2 is 1.66 bits per heavy atom. The molecule has 2 saturated heterocycles. The Morgan fingerprint density at radius 3 is 2.46 bits per heavy atom. The number of ether oxygens (including phenoxy) is 1. The minimum atomic E-state index is 0.309. The van der Waals surface area contributed by atoms with Crippen LogP contribution in [0.15, 0.2) is 96.3 Å². The molecule has 2 aromatic rings. The summed E-state index contributed by atoms with van der Waals surface area (Å²) in [5.74, 6) is 6.26. The summed E-state index contributed by atoms with van der Waals surface area (Å²) >= 11 is 0. The van der Waals surface area contributed by atoms with Crippen molar-refractivity contribution in [3.05, 3.63) is 107 Å². The zero-order chi connectivity index (χ0) is 34.1. The van der Waals surface area contributed by atoms with E-state index in [9.17, 15) is 4.79 Å². The van der Waals surface area contributed by atoms with Gasteiger partial charge in [-0.15, -0.1) is 0 Å². The Kier molecular flexibility index (Phi) is 10.2. The molecule has 0 N–H and O–H groups in total. The molecular weight excluding hydrogens is 613 g/mol. The highest BCUT2D eigenvalue weighted by atomic mass is 16.5. The number of carbonyl (C=O) groups is 1. The predicted molar refractivity (Wildman–Crippen MR) is 203 cm³/mol. The van der Waals surface area contributed by atoms with Gasteiger partial charge >= 0.3 is 0 Å². The summed E-state index contributed by atoms with van der Waals surface area (Å²) in [6, 6.07) is 22.3. The topological polar surface area (TPSA) is 32.8 Å². The zero-order valence-corrected chi connectivity index (χ0v) is 30.7. The first-order valence-electron chi connectivity index (χ1n) is 20.5. The fourth-order valence-electron chi connectivity index (χ4n) is 10.7. The monoisotopic (exact) mass is 672 g/mol. The molecule has 7 aliphatic rings. The molecule has 8 atom stereocenters. The van der Waals surface area contributed by atoms with Gasteiger partial charge < -0.3 is 9.64 Å². The van der Waals surface area contributed by atoms with E-state index in [2.05, 4.69) is 94.8 Å². The summed E-state index contributed by atoms with van der Waals surface area (Å²) in [7, 11) is 0. The van der Waals surface area contributed by atoms with Crippen molar-refractivity contribution < 1.29 is 9.53 Å². The van der Waals surface area contributed by atoms with E-state index in [4.69, 9.17) is 4.74 Å². The van der Waals surface area contributed by atoms with Crippen molar-refractivity contribution >= 4 is 5.78 Å². The van der Waals surface area contributed by atoms with Crippen LogP contribution < -0.4 is 0 Å². The van der Waals surface area contributed by atoms with Crippen LogP contribution in [-0.2, 0) is 16.1 Å². The van der Waals surface area contributed by atoms with Crippen LogP contribution in [0.1, 0.15) is 95.1 Å². The molecule has 0 amide bonds. The van der Waals surface area contributed by atoms with Crippen LogP contribution in [0.3, 0.4) is 0 Å². The van der Waals surface area contributed by atoms with Gasteiger partial charge in [-0.3, -0.25) is 9.69 Å². The molecule has 9 rings (SSSR count). The number of carbonyl (C=O) groups excluding carboxylic acids is 1. The van der Waals surface area contributed by atoms with Gasteiger partial charge in [0.25, 0.3) is 0 Å². The van der Waals surface area contributed by atoms with Crippen molar-refractivity contribution in [3.8, 4) is 0 Å². The molecular formula is C46H60N2O2. The van der Waals surface area contributed by atoms with Crippen molar-refractivity contribution in [3.63, 3.8) is 0 Å². The van der Waals surface area contributed by atoms with E-state index in [0.717, 1.165) is 81.6 Å². The van der Waals surface area contributed by atoms with Crippen LogP contribution in [0.4, 0.5) is 0 Å². The van der Waals surface area contributed by atoms with Crippen molar-refractivity contribution in [1.29, 1.82) is 0 Å². The normalized spacial score (nSPS) is 33.6. The first-order valence-corrected chi connectivity index (χ1v) is 20.5. The van der Waals surface area contributed by atoms with Gasteiger partial charge in [-0.05, 0) is 122 Å². The van der Waals surface area contributed by atoms with Crippen molar-refractivity contribution in [2.24, 2.45) is 40.9 Å². The Morgan fingerprint density at radius 1 is 0.880 bits per heavy atom. The molecule has 2 aliphatic heterocycles. The number of piperidine rings is 2. The molecule has 50 heavy (non-hydrogen) atoms. The second kappa shape index (κ2) is 15.0. The maximum absolute atomic E-state index is 13.5. The zero-order valence-electron chi connectivity index (χ0n) is 30.7. The molecule has 2 heterocycles. The minimum Gasteiger partial charge on any atom is -0.495 e. The summed E-state index contributed by atoms with van der Waals surface area (Å²) in [5.41, 5.74) is 4.58. The van der Waals surface area contributed by atoms with E-state index >= 15 is 0 Å². The van der Waals surface area contributed by atoms with Crippen LogP contribution in [-0.4, -0.2) is 54.4 Å². The van der Waals surface area contributed by atoms with Crippen molar-refractivity contribution in [2.45, 2.75) is 96.6 Å². The molecule has 0 bridgehead atoms. The summed E-state index contributed by atoms with van der Waals surface area (Å²) in [6.45, 7) is 10.8. The third kappa shape index (κ3) is 7.22. The summed E-state index contributed by atoms with van der Waals surface area (Å²) < 4.78 is 6.79. The highest BCUT2D eigenvalue weighted by Gasteiger charge is 2.69. The first kappa shape index (κ1) is 34.2. The smallest absolute Gasteiger partial charge is 0.158 e. The number of hydrogen-bond donors (Lipinski definition) is 0. The molecule has 0 aromatic heterocycles. The third-order valence-electron chi connectivity index (χ3n) is 13.5. The third-order valence-corrected chi connectivity index (χ3v) is 13.5. The Labute approximate surface area is 302 Å². The number of hydrogen-bond acceptors (Lipinski definition) is 4. The van der Waals surface area contributed by atoms with Gasteiger partial charge in [-0.1, -0.05) is 92.7 Å². The molecule has 5 aliphatic carbocycles. The molecule has 8 unspecified atom stereocenters. The van der Waals surface area contributed by atoms with Crippen LogP contribution in [0.2, 0.25) is 0 Å². The maximum atomic E-state index is 13.5. The second-order valence-electron chi connectivity index (χ2n) is 16.5.